The van der Waals surface area contributed by atoms with Crippen molar-refractivity contribution < 1.29 is 4.74 Å². The zero-order valence-electron chi connectivity index (χ0n) is 12.4. The third-order valence-corrected chi connectivity index (χ3v) is 5.04. The molecule has 22 heavy (non-hydrogen) atoms. The first-order valence-corrected chi connectivity index (χ1v) is 7.96. The number of hydrogen-bond donors (Lipinski definition) is 1. The number of hydrogen-bond acceptors (Lipinski definition) is 2. The van der Waals surface area contributed by atoms with Crippen LogP contribution in [0.15, 0.2) is 54.7 Å². The maximum absolute atomic E-state index is 6.45. The lowest BCUT2D eigenvalue weighted by molar-refractivity contribution is 0.106. The number of nitrogens with zero attached hydrogens (tertiary/aromatic N) is 1. The van der Waals surface area contributed by atoms with E-state index in [4.69, 9.17) is 4.74 Å². The van der Waals surface area contributed by atoms with Gasteiger partial charge in [0.1, 0.15) is 5.75 Å². The molecular formula is C19H18N2O. The van der Waals surface area contributed by atoms with Crippen molar-refractivity contribution in [3.63, 3.8) is 0 Å². The molecule has 3 heteroatoms. The van der Waals surface area contributed by atoms with E-state index in [9.17, 15) is 0 Å². The molecule has 0 amide bonds. The summed E-state index contributed by atoms with van der Waals surface area (Å²) in [6.45, 7) is 1.05. The normalized spacial score (nSPS) is 23.2. The fourth-order valence-electron chi connectivity index (χ4n) is 4.05. The van der Waals surface area contributed by atoms with Crippen LogP contribution in [0.2, 0.25) is 0 Å². The summed E-state index contributed by atoms with van der Waals surface area (Å²) in [6.07, 6.45) is 5.36. The lowest BCUT2D eigenvalue weighted by Crippen LogP contribution is -2.48. The minimum atomic E-state index is -0.200. The van der Waals surface area contributed by atoms with Crippen molar-refractivity contribution in [1.29, 1.82) is 0 Å². The minimum absolute atomic E-state index is 0.200. The molecule has 0 saturated carbocycles. The molecule has 0 bridgehead atoms. The number of fused-ring (bicyclic) bond motifs is 2. The van der Waals surface area contributed by atoms with E-state index in [1.165, 1.54) is 28.6 Å². The first-order chi connectivity index (χ1) is 10.9. The number of ether oxygens (including phenoxy) is 1. The number of benzene rings is 2. The molecule has 5 rings (SSSR count). The monoisotopic (exact) mass is 290 g/mol. The van der Waals surface area contributed by atoms with Crippen molar-refractivity contribution in [2.45, 2.75) is 25.0 Å². The van der Waals surface area contributed by atoms with Gasteiger partial charge in [-0.3, -0.25) is 0 Å². The summed E-state index contributed by atoms with van der Waals surface area (Å²) in [5.41, 5.74) is 3.58. The number of H-pyrrole nitrogens is 1. The van der Waals surface area contributed by atoms with Crippen molar-refractivity contribution in [3.05, 3.63) is 60.3 Å². The smallest absolute Gasteiger partial charge is 0.187 e. The Kier molecular flexibility index (Phi) is 2.37. The number of para-hydroxylation sites is 2. The Balaban J connectivity index is 1.61. The number of nitrogens with one attached hydrogen (secondary N) is 1. The van der Waals surface area contributed by atoms with Gasteiger partial charge in [-0.05, 0) is 18.6 Å². The number of anilines is 1. The van der Waals surface area contributed by atoms with Crippen LogP contribution in [0.3, 0.4) is 0 Å². The Bertz CT molecular complexity index is 826. The van der Waals surface area contributed by atoms with Crippen LogP contribution in [0.5, 0.6) is 5.75 Å². The van der Waals surface area contributed by atoms with Gasteiger partial charge in [-0.15, -0.1) is 0 Å². The van der Waals surface area contributed by atoms with Gasteiger partial charge in [0, 0.05) is 42.0 Å². The topological polar surface area (TPSA) is 28.3 Å². The van der Waals surface area contributed by atoms with Gasteiger partial charge in [0.25, 0.3) is 0 Å². The summed E-state index contributed by atoms with van der Waals surface area (Å²) >= 11 is 0. The van der Waals surface area contributed by atoms with Crippen LogP contribution in [0.1, 0.15) is 18.4 Å². The first kappa shape index (κ1) is 12.2. The maximum atomic E-state index is 6.45. The zero-order chi connectivity index (χ0) is 14.6. The van der Waals surface area contributed by atoms with Crippen molar-refractivity contribution in [2.24, 2.45) is 0 Å². The van der Waals surface area contributed by atoms with E-state index in [1.54, 1.807) is 0 Å². The van der Waals surface area contributed by atoms with E-state index in [1.807, 2.05) is 0 Å². The van der Waals surface area contributed by atoms with E-state index in [-0.39, 0.29) is 5.72 Å². The van der Waals surface area contributed by atoms with Crippen LogP contribution >= 0.6 is 0 Å². The quantitative estimate of drug-likeness (QED) is 0.731. The standard InChI is InChI=1S/C19H18N2O/c1-4-9-18-14(6-1)12-19(22-18)10-5-11-21(19)17-13-20-16-8-3-2-7-15(16)17/h1-4,6-9,13,20H,5,10-12H2. The highest BCUT2D eigenvalue weighted by molar-refractivity contribution is 5.93. The molecule has 0 radical (unpaired) electrons. The molecule has 2 aromatic carbocycles. The predicted octanol–water partition coefficient (Wildman–Crippen LogP) is 4.10. The molecule has 1 aromatic heterocycles. The fraction of sp³-hybridized carbons (Fsp3) is 0.263. The molecule has 1 N–H and O–H groups in total. The second-order valence-electron chi connectivity index (χ2n) is 6.31. The first-order valence-electron chi connectivity index (χ1n) is 7.96. The van der Waals surface area contributed by atoms with Crippen LogP contribution in [-0.4, -0.2) is 17.3 Å². The second kappa shape index (κ2) is 4.29. The van der Waals surface area contributed by atoms with Crippen molar-refractivity contribution >= 4 is 16.6 Å². The molecule has 3 aromatic rings. The van der Waals surface area contributed by atoms with E-state index < -0.39 is 0 Å². The fourth-order valence-corrected chi connectivity index (χ4v) is 4.05. The highest BCUT2D eigenvalue weighted by atomic mass is 16.5. The summed E-state index contributed by atoms with van der Waals surface area (Å²) in [5.74, 6) is 1.05. The van der Waals surface area contributed by atoms with Gasteiger partial charge in [0.2, 0.25) is 0 Å². The molecule has 0 aliphatic carbocycles. The van der Waals surface area contributed by atoms with Crippen LogP contribution in [0, 0.1) is 0 Å². The van der Waals surface area contributed by atoms with Gasteiger partial charge in [-0.25, -0.2) is 0 Å². The average Bonchev–Trinajstić information content (AvgIpc) is 3.23. The Hall–Kier alpha value is -2.42. The molecule has 1 saturated heterocycles. The van der Waals surface area contributed by atoms with Crippen LogP contribution < -0.4 is 9.64 Å². The molecule has 110 valence electrons. The molecule has 2 aliphatic rings. The minimum Gasteiger partial charge on any atom is -0.467 e. The highest BCUT2D eigenvalue weighted by Crippen LogP contribution is 2.46. The molecule has 3 heterocycles. The van der Waals surface area contributed by atoms with Gasteiger partial charge in [0.05, 0.1) is 5.69 Å². The molecule has 1 fully saturated rings. The van der Waals surface area contributed by atoms with E-state index >= 15 is 0 Å². The van der Waals surface area contributed by atoms with Crippen LogP contribution in [0.4, 0.5) is 5.69 Å². The van der Waals surface area contributed by atoms with E-state index in [0.717, 1.165) is 25.1 Å². The lowest BCUT2D eigenvalue weighted by atomic mass is 10.0. The summed E-state index contributed by atoms with van der Waals surface area (Å²) in [5, 5.41) is 1.28. The zero-order valence-corrected chi connectivity index (χ0v) is 12.4. The van der Waals surface area contributed by atoms with Crippen molar-refractivity contribution in [3.8, 4) is 5.75 Å². The summed E-state index contributed by atoms with van der Waals surface area (Å²) in [7, 11) is 0. The molecule has 1 spiro atoms. The van der Waals surface area contributed by atoms with E-state index in [0.29, 0.717) is 0 Å². The summed E-state index contributed by atoms with van der Waals surface area (Å²) in [4.78, 5) is 5.86. The Morgan fingerprint density at radius 1 is 1.05 bits per heavy atom. The molecular weight excluding hydrogens is 272 g/mol. The third-order valence-electron chi connectivity index (χ3n) is 5.04. The Labute approximate surface area is 129 Å². The highest BCUT2D eigenvalue weighted by Gasteiger charge is 2.48. The summed E-state index contributed by atoms with van der Waals surface area (Å²) < 4.78 is 6.45. The summed E-state index contributed by atoms with van der Waals surface area (Å²) in [6, 6.07) is 16.9. The maximum Gasteiger partial charge on any atom is 0.187 e. The van der Waals surface area contributed by atoms with E-state index in [2.05, 4.69) is 64.6 Å². The number of aromatic amines is 1. The van der Waals surface area contributed by atoms with Gasteiger partial charge in [0.15, 0.2) is 5.72 Å². The average molecular weight is 290 g/mol. The Morgan fingerprint density at radius 3 is 2.86 bits per heavy atom. The third kappa shape index (κ3) is 1.56. The number of rotatable bonds is 1. The lowest BCUT2D eigenvalue weighted by Gasteiger charge is -2.35. The van der Waals surface area contributed by atoms with Gasteiger partial charge in [-0.2, -0.15) is 0 Å². The van der Waals surface area contributed by atoms with Gasteiger partial charge < -0.3 is 14.6 Å². The number of aromatic nitrogens is 1. The van der Waals surface area contributed by atoms with Crippen LogP contribution in [0.25, 0.3) is 10.9 Å². The largest absolute Gasteiger partial charge is 0.467 e. The van der Waals surface area contributed by atoms with Crippen LogP contribution in [-0.2, 0) is 6.42 Å². The second-order valence-corrected chi connectivity index (χ2v) is 6.31. The molecule has 1 unspecified atom stereocenters. The Morgan fingerprint density at radius 2 is 1.91 bits per heavy atom. The molecule has 2 aliphatic heterocycles. The van der Waals surface area contributed by atoms with Gasteiger partial charge in [-0.1, -0.05) is 36.4 Å². The molecule has 1 atom stereocenters. The SMILES string of the molecule is c1ccc2c(c1)CC1(CCCN1c1c[nH]c3ccccc13)O2. The van der Waals surface area contributed by atoms with Crippen molar-refractivity contribution in [1.82, 2.24) is 4.98 Å². The van der Waals surface area contributed by atoms with Gasteiger partial charge >= 0.3 is 0 Å². The van der Waals surface area contributed by atoms with Crippen molar-refractivity contribution in [2.75, 3.05) is 11.4 Å². The molecule has 3 nitrogen and oxygen atoms in total. The predicted molar refractivity (Wildman–Crippen MR) is 88.4 cm³/mol.